The number of pyridine rings is 1. The SMILES string of the molecule is C[C@@H](CNC(=O)c1ccc[nH+]c1N1CCCC1)c1ccccc1. The summed E-state index contributed by atoms with van der Waals surface area (Å²) in [5, 5.41) is 3.08. The van der Waals surface area contributed by atoms with E-state index in [0.717, 1.165) is 24.5 Å². The molecule has 0 aliphatic carbocycles. The predicted octanol–water partition coefficient (Wildman–Crippen LogP) is 2.63. The van der Waals surface area contributed by atoms with Crippen molar-refractivity contribution in [1.29, 1.82) is 0 Å². The van der Waals surface area contributed by atoms with E-state index in [4.69, 9.17) is 0 Å². The maximum atomic E-state index is 12.6. The molecule has 2 heterocycles. The number of carbonyl (C=O) groups is 1. The lowest BCUT2D eigenvalue weighted by atomic mass is 10.0. The standard InChI is InChI=1S/C19H23N3O/c1-15(16-8-3-2-4-9-16)14-21-19(23)17-10-7-11-20-18(17)22-12-5-6-13-22/h2-4,7-11,15H,5-6,12-14H2,1H3,(H,21,23)/p+1/t15-/m0/s1. The minimum Gasteiger partial charge on any atom is -0.351 e. The summed E-state index contributed by atoms with van der Waals surface area (Å²) in [7, 11) is 0. The van der Waals surface area contributed by atoms with Crippen LogP contribution in [0.5, 0.6) is 0 Å². The van der Waals surface area contributed by atoms with Gasteiger partial charge in [0.15, 0.2) is 0 Å². The molecule has 1 aliphatic heterocycles. The number of H-pyrrole nitrogens is 1. The van der Waals surface area contributed by atoms with Gasteiger partial charge in [-0.3, -0.25) is 9.69 Å². The Bertz CT molecular complexity index is 651. The van der Waals surface area contributed by atoms with Gasteiger partial charge in [0, 0.05) is 6.54 Å². The van der Waals surface area contributed by atoms with Gasteiger partial charge in [0.05, 0.1) is 19.3 Å². The first-order valence-corrected chi connectivity index (χ1v) is 8.34. The van der Waals surface area contributed by atoms with Gasteiger partial charge < -0.3 is 5.32 Å². The summed E-state index contributed by atoms with van der Waals surface area (Å²) in [4.78, 5) is 18.1. The minimum absolute atomic E-state index is 0.00784. The van der Waals surface area contributed by atoms with E-state index in [1.54, 1.807) is 0 Å². The molecule has 0 bridgehead atoms. The number of amides is 1. The summed E-state index contributed by atoms with van der Waals surface area (Å²) >= 11 is 0. The van der Waals surface area contributed by atoms with Gasteiger partial charge in [0.25, 0.3) is 11.7 Å². The Labute approximate surface area is 137 Å². The number of nitrogens with zero attached hydrogens (tertiary/aromatic N) is 1. The molecule has 120 valence electrons. The van der Waals surface area contributed by atoms with Gasteiger partial charge >= 0.3 is 0 Å². The average Bonchev–Trinajstić information content (AvgIpc) is 3.14. The van der Waals surface area contributed by atoms with Crippen LogP contribution in [0.25, 0.3) is 0 Å². The van der Waals surface area contributed by atoms with E-state index in [1.807, 2.05) is 36.5 Å². The summed E-state index contributed by atoms with van der Waals surface area (Å²) in [6, 6.07) is 14.1. The van der Waals surface area contributed by atoms with Gasteiger partial charge in [-0.2, -0.15) is 0 Å². The number of carbonyl (C=O) groups excluding carboxylic acids is 1. The zero-order valence-corrected chi connectivity index (χ0v) is 13.6. The van der Waals surface area contributed by atoms with E-state index in [0.29, 0.717) is 12.5 Å². The number of nitrogens with one attached hydrogen (secondary N) is 2. The van der Waals surface area contributed by atoms with Crippen molar-refractivity contribution in [3.8, 4) is 0 Å². The molecule has 0 spiro atoms. The lowest BCUT2D eigenvalue weighted by molar-refractivity contribution is -0.364. The predicted molar refractivity (Wildman–Crippen MR) is 91.6 cm³/mol. The van der Waals surface area contributed by atoms with Gasteiger partial charge in [-0.25, -0.2) is 4.98 Å². The molecule has 1 aromatic heterocycles. The van der Waals surface area contributed by atoms with Crippen molar-refractivity contribution >= 4 is 11.7 Å². The molecule has 4 heteroatoms. The van der Waals surface area contributed by atoms with E-state index in [9.17, 15) is 4.79 Å². The van der Waals surface area contributed by atoms with Crippen LogP contribution in [0.4, 0.5) is 5.82 Å². The Hall–Kier alpha value is -2.36. The van der Waals surface area contributed by atoms with Crippen LogP contribution in [0.1, 0.15) is 41.6 Å². The summed E-state index contributed by atoms with van der Waals surface area (Å²) in [5.41, 5.74) is 1.97. The maximum absolute atomic E-state index is 12.6. The van der Waals surface area contributed by atoms with Crippen molar-refractivity contribution in [1.82, 2.24) is 5.32 Å². The maximum Gasteiger partial charge on any atom is 0.287 e. The molecule has 0 unspecified atom stereocenters. The molecule has 4 nitrogen and oxygen atoms in total. The second-order valence-electron chi connectivity index (χ2n) is 6.15. The second kappa shape index (κ2) is 7.27. The number of rotatable bonds is 5. The molecular weight excluding hydrogens is 286 g/mol. The molecule has 1 saturated heterocycles. The van der Waals surface area contributed by atoms with Gasteiger partial charge in [0.2, 0.25) is 0 Å². The fraction of sp³-hybridized carbons (Fsp3) is 0.368. The quantitative estimate of drug-likeness (QED) is 0.923. The summed E-state index contributed by atoms with van der Waals surface area (Å²) < 4.78 is 0. The Morgan fingerprint density at radius 1 is 1.17 bits per heavy atom. The van der Waals surface area contributed by atoms with E-state index >= 15 is 0 Å². The first-order chi connectivity index (χ1) is 11.3. The van der Waals surface area contributed by atoms with E-state index in [1.165, 1.54) is 18.4 Å². The molecule has 23 heavy (non-hydrogen) atoms. The average molecular weight is 310 g/mol. The lowest BCUT2D eigenvalue weighted by Gasteiger charge is -2.15. The van der Waals surface area contributed by atoms with Crippen LogP contribution in [-0.4, -0.2) is 25.5 Å². The van der Waals surface area contributed by atoms with Gasteiger partial charge in [-0.05, 0) is 36.5 Å². The van der Waals surface area contributed by atoms with Crippen molar-refractivity contribution in [2.75, 3.05) is 24.5 Å². The first-order valence-electron chi connectivity index (χ1n) is 8.34. The van der Waals surface area contributed by atoms with Crippen molar-refractivity contribution in [2.24, 2.45) is 0 Å². The fourth-order valence-corrected chi connectivity index (χ4v) is 3.05. The fourth-order valence-electron chi connectivity index (χ4n) is 3.05. The Balaban J connectivity index is 1.67. The zero-order chi connectivity index (χ0) is 16.1. The summed E-state index contributed by atoms with van der Waals surface area (Å²) in [6.07, 6.45) is 4.26. The number of hydrogen-bond donors (Lipinski definition) is 1. The van der Waals surface area contributed by atoms with E-state index in [-0.39, 0.29) is 5.91 Å². The zero-order valence-electron chi connectivity index (χ0n) is 13.6. The van der Waals surface area contributed by atoms with Gasteiger partial charge in [-0.15, -0.1) is 0 Å². The van der Waals surface area contributed by atoms with E-state index < -0.39 is 0 Å². The molecule has 1 amide bonds. The summed E-state index contributed by atoms with van der Waals surface area (Å²) in [6.45, 7) is 4.80. The third-order valence-corrected chi connectivity index (χ3v) is 4.44. The van der Waals surface area contributed by atoms with Gasteiger partial charge in [-0.1, -0.05) is 37.3 Å². The van der Waals surface area contributed by atoms with Crippen molar-refractivity contribution in [2.45, 2.75) is 25.7 Å². The minimum atomic E-state index is -0.00784. The van der Waals surface area contributed by atoms with Crippen molar-refractivity contribution in [3.05, 3.63) is 59.8 Å². The molecule has 0 saturated carbocycles. The highest BCUT2D eigenvalue weighted by Crippen LogP contribution is 2.20. The van der Waals surface area contributed by atoms with Crippen LogP contribution < -0.4 is 15.2 Å². The molecule has 0 radical (unpaired) electrons. The molecule has 1 fully saturated rings. The van der Waals surface area contributed by atoms with Crippen LogP contribution in [0, 0.1) is 0 Å². The molecule has 1 aliphatic rings. The van der Waals surface area contributed by atoms with E-state index in [2.05, 4.69) is 34.3 Å². The molecule has 1 atom stereocenters. The monoisotopic (exact) mass is 310 g/mol. The number of aromatic amines is 1. The number of aromatic nitrogens is 1. The van der Waals surface area contributed by atoms with Crippen molar-refractivity contribution < 1.29 is 9.78 Å². The Kier molecular flexibility index (Phi) is 4.91. The topological polar surface area (TPSA) is 46.5 Å². The smallest absolute Gasteiger partial charge is 0.287 e. The summed E-state index contributed by atoms with van der Waals surface area (Å²) in [5.74, 6) is 1.23. The highest BCUT2D eigenvalue weighted by Gasteiger charge is 2.26. The highest BCUT2D eigenvalue weighted by molar-refractivity contribution is 5.98. The number of anilines is 1. The number of benzene rings is 1. The Morgan fingerprint density at radius 3 is 2.65 bits per heavy atom. The van der Waals surface area contributed by atoms with Crippen LogP contribution >= 0.6 is 0 Å². The second-order valence-corrected chi connectivity index (χ2v) is 6.15. The lowest BCUT2D eigenvalue weighted by Crippen LogP contribution is -2.33. The van der Waals surface area contributed by atoms with Crippen molar-refractivity contribution in [3.63, 3.8) is 0 Å². The largest absolute Gasteiger partial charge is 0.351 e. The molecule has 3 rings (SSSR count). The molecule has 2 N–H and O–H groups in total. The van der Waals surface area contributed by atoms with Gasteiger partial charge in [0.1, 0.15) is 5.56 Å². The molecule has 2 aromatic rings. The first kappa shape index (κ1) is 15.5. The molecular formula is C19H24N3O+. The van der Waals surface area contributed by atoms with Crippen LogP contribution in [-0.2, 0) is 0 Å². The van der Waals surface area contributed by atoms with Crippen LogP contribution in [0.15, 0.2) is 48.7 Å². The van der Waals surface area contributed by atoms with Crippen LogP contribution in [0.3, 0.4) is 0 Å². The Morgan fingerprint density at radius 2 is 1.91 bits per heavy atom. The highest BCUT2D eigenvalue weighted by atomic mass is 16.1. The normalized spacial score (nSPS) is 15.4. The molecule has 1 aromatic carbocycles. The number of hydrogen-bond acceptors (Lipinski definition) is 2. The third kappa shape index (κ3) is 3.70. The third-order valence-electron chi connectivity index (χ3n) is 4.44. The van der Waals surface area contributed by atoms with Crippen LogP contribution in [0.2, 0.25) is 0 Å².